The summed E-state index contributed by atoms with van der Waals surface area (Å²) < 4.78 is 176. The van der Waals surface area contributed by atoms with E-state index >= 15 is 0 Å². The molecular weight excluding hydrogens is 469 g/mol. The smallest absolute Gasteiger partial charge is 0.460 e. The van der Waals surface area contributed by atoms with Gasteiger partial charge in [0, 0.05) is 18.3 Å². The van der Waals surface area contributed by atoms with E-state index in [1.807, 2.05) is 0 Å². The molecule has 0 radical (unpaired) electrons. The van der Waals surface area contributed by atoms with Crippen molar-refractivity contribution >= 4 is 5.69 Å². The highest BCUT2D eigenvalue weighted by Crippen LogP contribution is 2.60. The van der Waals surface area contributed by atoms with Crippen LogP contribution < -0.4 is 9.64 Å². The maximum atomic E-state index is 14.1. The summed E-state index contributed by atoms with van der Waals surface area (Å²) in [5.74, 6) is -36.9. The van der Waals surface area contributed by atoms with Gasteiger partial charge in [0.1, 0.15) is 5.75 Å². The number of hydrogen-bond acceptors (Lipinski definition) is 2. The molecule has 0 amide bonds. The van der Waals surface area contributed by atoms with Gasteiger partial charge < -0.3 is 9.64 Å². The monoisotopic (exact) mass is 483 g/mol. The van der Waals surface area contributed by atoms with Crippen LogP contribution in [0.2, 0.25) is 0 Å². The van der Waals surface area contributed by atoms with E-state index in [0.29, 0.717) is 0 Å². The number of anilines is 1. The number of hydrogen-bond donors (Lipinski definition) is 0. The topological polar surface area (TPSA) is 12.5 Å². The van der Waals surface area contributed by atoms with E-state index in [4.69, 9.17) is 4.74 Å². The number of nitrogens with zero attached hydrogens (tertiary/aromatic N) is 1. The molecule has 0 aliphatic carbocycles. The Kier molecular flexibility index (Phi) is 7.05. The second kappa shape index (κ2) is 8.11. The zero-order valence-corrected chi connectivity index (χ0v) is 15.5. The highest BCUT2D eigenvalue weighted by Gasteiger charge is 2.90. The number of rotatable bonds is 9. The van der Waals surface area contributed by atoms with Crippen LogP contribution in [0.5, 0.6) is 5.75 Å². The van der Waals surface area contributed by atoms with Crippen LogP contribution in [0.25, 0.3) is 0 Å². The molecule has 0 spiro atoms. The lowest BCUT2D eigenvalue weighted by molar-refractivity contribution is -0.439. The summed E-state index contributed by atoms with van der Waals surface area (Å²) in [5, 5.41) is 0. The highest BCUT2D eigenvalue weighted by molar-refractivity contribution is 5.51. The first-order chi connectivity index (χ1) is 13.7. The van der Waals surface area contributed by atoms with Crippen LogP contribution in [0.4, 0.5) is 62.8 Å². The van der Waals surface area contributed by atoms with Gasteiger partial charge in [-0.2, -0.15) is 57.1 Å². The summed E-state index contributed by atoms with van der Waals surface area (Å²) in [5.41, 5.74) is -0.340. The third-order valence-corrected chi connectivity index (χ3v) is 4.19. The van der Waals surface area contributed by atoms with E-state index in [-0.39, 0.29) is 16.3 Å². The average Bonchev–Trinajstić information content (AvgIpc) is 2.64. The molecule has 0 unspecified atom stereocenters. The summed E-state index contributed by atoms with van der Waals surface area (Å²) in [7, 11) is 1.13. The van der Waals surface area contributed by atoms with Gasteiger partial charge in [-0.3, -0.25) is 0 Å². The predicted octanol–water partition coefficient (Wildman–Crippen LogP) is 6.26. The zero-order chi connectivity index (χ0) is 24.7. The minimum Gasteiger partial charge on any atom is -0.497 e. The maximum Gasteiger partial charge on any atom is 0.460 e. The predicted molar refractivity (Wildman–Crippen MR) is 81.7 cm³/mol. The van der Waals surface area contributed by atoms with Crippen molar-refractivity contribution in [2.24, 2.45) is 0 Å². The lowest BCUT2D eigenvalue weighted by Gasteiger charge is -2.41. The Morgan fingerprint density at radius 2 is 1.23 bits per heavy atom. The van der Waals surface area contributed by atoms with Gasteiger partial charge in [0.25, 0.3) is 0 Å². The Morgan fingerprint density at radius 3 is 1.65 bits per heavy atom. The van der Waals surface area contributed by atoms with Crippen LogP contribution in [0.1, 0.15) is 6.92 Å². The SMILES string of the molecule is CCN(CC(F)(F)C(F)(F)C(F)(F)C(F)(F)C(F)(F)C(F)(F)F)c1cccc(OC)c1. The summed E-state index contributed by atoms with van der Waals surface area (Å²) in [6, 6.07) is 4.44. The fourth-order valence-electron chi connectivity index (χ4n) is 2.33. The standard InChI is InChI=1S/C16H14F13NO/c1-3-30(9-5-4-6-10(7-9)31-2)8-11(17,18)12(19,20)13(21,22)14(23,24)15(25,26)16(27,28)29/h4-7H,3,8H2,1-2H3. The normalized spacial score (nSPS) is 14.5. The van der Waals surface area contributed by atoms with Crippen molar-refractivity contribution in [2.75, 3.05) is 25.1 Å². The van der Waals surface area contributed by atoms with Gasteiger partial charge in [-0.1, -0.05) is 6.07 Å². The molecule has 0 heterocycles. The van der Waals surface area contributed by atoms with Crippen LogP contribution in [-0.2, 0) is 0 Å². The Hall–Kier alpha value is -2.09. The fourth-order valence-corrected chi connectivity index (χ4v) is 2.33. The minimum absolute atomic E-state index is 0.00675. The van der Waals surface area contributed by atoms with Crippen molar-refractivity contribution in [1.29, 1.82) is 0 Å². The summed E-state index contributed by atoms with van der Waals surface area (Å²) in [6.07, 6.45) is -7.43. The van der Waals surface area contributed by atoms with E-state index in [1.54, 1.807) is 0 Å². The second-order valence-corrected chi connectivity index (χ2v) is 6.22. The lowest BCUT2D eigenvalue weighted by atomic mass is 9.93. The van der Waals surface area contributed by atoms with Gasteiger partial charge in [0.15, 0.2) is 0 Å². The molecule has 0 aliphatic rings. The molecule has 2 nitrogen and oxygen atoms in total. The van der Waals surface area contributed by atoms with Crippen LogP contribution in [-0.4, -0.2) is 56.0 Å². The van der Waals surface area contributed by atoms with Gasteiger partial charge >= 0.3 is 35.8 Å². The lowest BCUT2D eigenvalue weighted by Crippen LogP contribution is -2.71. The molecule has 0 atom stereocenters. The number of methoxy groups -OCH3 is 1. The molecular formula is C16H14F13NO. The number of alkyl halides is 13. The van der Waals surface area contributed by atoms with Crippen molar-refractivity contribution in [3.8, 4) is 5.75 Å². The van der Waals surface area contributed by atoms with Crippen LogP contribution in [0.15, 0.2) is 24.3 Å². The van der Waals surface area contributed by atoms with E-state index in [9.17, 15) is 57.1 Å². The average molecular weight is 483 g/mol. The Labute approximate surface area is 166 Å². The molecule has 0 saturated heterocycles. The summed E-state index contributed by atoms with van der Waals surface area (Å²) >= 11 is 0. The first-order valence-corrected chi connectivity index (χ1v) is 8.06. The number of halogens is 13. The molecule has 31 heavy (non-hydrogen) atoms. The van der Waals surface area contributed by atoms with Gasteiger partial charge in [-0.25, -0.2) is 0 Å². The Balaban J connectivity index is 3.41. The zero-order valence-electron chi connectivity index (χ0n) is 15.5. The van der Waals surface area contributed by atoms with Crippen molar-refractivity contribution in [2.45, 2.75) is 42.7 Å². The quantitative estimate of drug-likeness (QED) is 0.385. The maximum absolute atomic E-state index is 14.1. The minimum atomic E-state index is -7.90. The van der Waals surface area contributed by atoms with Crippen molar-refractivity contribution in [3.05, 3.63) is 24.3 Å². The summed E-state index contributed by atoms with van der Waals surface area (Å²) in [6.45, 7) is -1.95. The van der Waals surface area contributed by atoms with E-state index in [1.165, 1.54) is 12.1 Å². The van der Waals surface area contributed by atoms with Crippen LogP contribution in [0, 0.1) is 0 Å². The van der Waals surface area contributed by atoms with Crippen molar-refractivity contribution in [3.63, 3.8) is 0 Å². The van der Waals surface area contributed by atoms with Gasteiger partial charge in [-0.05, 0) is 19.1 Å². The second-order valence-electron chi connectivity index (χ2n) is 6.22. The third kappa shape index (κ3) is 4.31. The van der Waals surface area contributed by atoms with Gasteiger partial charge in [-0.15, -0.1) is 0 Å². The molecule has 0 saturated carbocycles. The molecule has 0 aromatic heterocycles. The molecule has 0 fully saturated rings. The first kappa shape index (κ1) is 26.9. The Morgan fingerprint density at radius 1 is 0.742 bits per heavy atom. The van der Waals surface area contributed by atoms with Crippen molar-refractivity contribution < 1.29 is 61.8 Å². The molecule has 1 rings (SSSR count). The third-order valence-electron chi connectivity index (χ3n) is 4.19. The fraction of sp³-hybridized carbons (Fsp3) is 0.625. The number of benzene rings is 1. The number of ether oxygens (including phenoxy) is 1. The van der Waals surface area contributed by atoms with Crippen molar-refractivity contribution in [1.82, 2.24) is 0 Å². The van der Waals surface area contributed by atoms with Crippen LogP contribution in [0.3, 0.4) is 0 Å². The molecule has 1 aromatic rings. The molecule has 1 aromatic carbocycles. The van der Waals surface area contributed by atoms with E-state index < -0.39 is 48.9 Å². The van der Waals surface area contributed by atoms with Gasteiger partial charge in [0.05, 0.1) is 13.7 Å². The highest BCUT2D eigenvalue weighted by atomic mass is 19.4. The summed E-state index contributed by atoms with van der Waals surface area (Å²) in [4.78, 5) is 0.284. The molecule has 15 heteroatoms. The molecule has 180 valence electrons. The first-order valence-electron chi connectivity index (χ1n) is 8.06. The molecule has 0 bridgehead atoms. The molecule has 0 aliphatic heterocycles. The van der Waals surface area contributed by atoms with Crippen LogP contribution >= 0.6 is 0 Å². The van der Waals surface area contributed by atoms with Gasteiger partial charge in [0.2, 0.25) is 0 Å². The Bertz CT molecular complexity index is 760. The van der Waals surface area contributed by atoms with E-state index in [0.717, 1.165) is 26.2 Å². The molecule has 0 N–H and O–H groups in total. The van der Waals surface area contributed by atoms with E-state index in [2.05, 4.69) is 0 Å². The largest absolute Gasteiger partial charge is 0.497 e.